The molecule has 1 aliphatic rings. The summed E-state index contributed by atoms with van der Waals surface area (Å²) in [5, 5.41) is 8.70. The highest BCUT2D eigenvalue weighted by Crippen LogP contribution is 2.55. The normalized spacial score (nSPS) is 38.9. The molecule has 0 saturated heterocycles. The van der Waals surface area contributed by atoms with Crippen LogP contribution in [0.3, 0.4) is 0 Å². The SMILES string of the molecule is C/C=C/[C@H]1CC1(C)CCO. The van der Waals surface area contributed by atoms with Crippen molar-refractivity contribution < 1.29 is 5.11 Å². The fourth-order valence-corrected chi connectivity index (χ4v) is 1.52. The number of rotatable bonds is 3. The predicted octanol–water partition coefficient (Wildman–Crippen LogP) is 1.97. The summed E-state index contributed by atoms with van der Waals surface area (Å²) >= 11 is 0. The molecule has 2 atom stereocenters. The summed E-state index contributed by atoms with van der Waals surface area (Å²) in [6.45, 7) is 4.64. The molecule has 0 heterocycles. The first kappa shape index (κ1) is 7.80. The van der Waals surface area contributed by atoms with Gasteiger partial charge in [-0.25, -0.2) is 0 Å². The van der Waals surface area contributed by atoms with Crippen LogP contribution in [0.5, 0.6) is 0 Å². The van der Waals surface area contributed by atoms with E-state index in [1.807, 2.05) is 0 Å². The van der Waals surface area contributed by atoms with Gasteiger partial charge < -0.3 is 5.11 Å². The Balaban J connectivity index is 2.33. The molecular weight excluding hydrogens is 124 g/mol. The predicted molar refractivity (Wildman–Crippen MR) is 42.7 cm³/mol. The summed E-state index contributed by atoms with van der Waals surface area (Å²) in [6.07, 6.45) is 6.57. The monoisotopic (exact) mass is 140 g/mol. The van der Waals surface area contributed by atoms with Gasteiger partial charge in [0.2, 0.25) is 0 Å². The lowest BCUT2D eigenvalue weighted by Gasteiger charge is -2.04. The lowest BCUT2D eigenvalue weighted by atomic mass is 10.0. The molecule has 0 amide bonds. The maximum atomic E-state index is 8.70. The first-order chi connectivity index (χ1) is 4.73. The summed E-state index contributed by atoms with van der Waals surface area (Å²) in [7, 11) is 0. The molecule has 10 heavy (non-hydrogen) atoms. The third-order valence-electron chi connectivity index (χ3n) is 2.53. The van der Waals surface area contributed by atoms with Crippen LogP contribution in [-0.2, 0) is 0 Å². The number of aliphatic hydroxyl groups excluding tert-OH is 1. The van der Waals surface area contributed by atoms with Crippen LogP contribution in [0, 0.1) is 11.3 Å². The van der Waals surface area contributed by atoms with Crippen LogP contribution < -0.4 is 0 Å². The topological polar surface area (TPSA) is 20.2 Å². The van der Waals surface area contributed by atoms with Crippen molar-refractivity contribution in [2.75, 3.05) is 6.61 Å². The molecule has 1 saturated carbocycles. The van der Waals surface area contributed by atoms with Gasteiger partial charge in [-0.3, -0.25) is 0 Å². The molecule has 1 aliphatic carbocycles. The van der Waals surface area contributed by atoms with E-state index in [4.69, 9.17) is 5.11 Å². The Morgan fingerprint density at radius 3 is 2.90 bits per heavy atom. The van der Waals surface area contributed by atoms with Gasteiger partial charge in [-0.05, 0) is 31.1 Å². The van der Waals surface area contributed by atoms with Gasteiger partial charge in [-0.15, -0.1) is 0 Å². The Labute approximate surface area is 62.8 Å². The average Bonchev–Trinajstić information content (AvgIpc) is 2.44. The summed E-state index contributed by atoms with van der Waals surface area (Å²) in [6, 6.07) is 0. The highest BCUT2D eigenvalue weighted by atomic mass is 16.3. The van der Waals surface area contributed by atoms with E-state index in [1.165, 1.54) is 6.42 Å². The fourth-order valence-electron chi connectivity index (χ4n) is 1.52. The molecule has 0 radical (unpaired) electrons. The Kier molecular flexibility index (Phi) is 2.14. The number of hydrogen-bond donors (Lipinski definition) is 1. The molecule has 0 aromatic heterocycles. The van der Waals surface area contributed by atoms with Gasteiger partial charge in [0.15, 0.2) is 0 Å². The standard InChI is InChI=1S/C9H16O/c1-3-4-8-7-9(8,2)5-6-10/h3-4,8,10H,5-7H2,1-2H3/b4-3+/t8-,9?/m0/s1. The van der Waals surface area contributed by atoms with Crippen molar-refractivity contribution in [1.29, 1.82) is 0 Å². The van der Waals surface area contributed by atoms with Crippen LogP contribution in [0.2, 0.25) is 0 Å². The van der Waals surface area contributed by atoms with Crippen LogP contribution in [0.4, 0.5) is 0 Å². The van der Waals surface area contributed by atoms with E-state index >= 15 is 0 Å². The van der Waals surface area contributed by atoms with Crippen LogP contribution in [-0.4, -0.2) is 11.7 Å². The van der Waals surface area contributed by atoms with Crippen LogP contribution >= 0.6 is 0 Å². The molecule has 1 fully saturated rings. The van der Waals surface area contributed by atoms with Gasteiger partial charge in [0.05, 0.1) is 0 Å². The molecule has 58 valence electrons. The Morgan fingerprint density at radius 1 is 1.70 bits per heavy atom. The van der Waals surface area contributed by atoms with Gasteiger partial charge in [0, 0.05) is 6.61 Å². The summed E-state index contributed by atoms with van der Waals surface area (Å²) in [5.74, 6) is 0.740. The number of aliphatic hydroxyl groups is 1. The van der Waals surface area contributed by atoms with Gasteiger partial charge >= 0.3 is 0 Å². The Hall–Kier alpha value is -0.300. The molecule has 1 N–H and O–H groups in total. The third kappa shape index (κ3) is 1.40. The van der Waals surface area contributed by atoms with Crippen LogP contribution in [0.25, 0.3) is 0 Å². The molecule has 0 bridgehead atoms. The maximum absolute atomic E-state index is 8.70. The minimum Gasteiger partial charge on any atom is -0.396 e. The zero-order valence-electron chi connectivity index (χ0n) is 6.80. The van der Waals surface area contributed by atoms with Crippen molar-refractivity contribution in [3.63, 3.8) is 0 Å². The highest BCUT2D eigenvalue weighted by Gasteiger charge is 2.46. The van der Waals surface area contributed by atoms with Gasteiger partial charge in [0.1, 0.15) is 0 Å². The van der Waals surface area contributed by atoms with Gasteiger partial charge in [0.25, 0.3) is 0 Å². The molecule has 1 unspecified atom stereocenters. The van der Waals surface area contributed by atoms with Crippen LogP contribution in [0.15, 0.2) is 12.2 Å². The molecule has 0 spiro atoms. The second-order valence-corrected chi connectivity index (χ2v) is 3.46. The smallest absolute Gasteiger partial charge is 0.0436 e. The summed E-state index contributed by atoms with van der Waals surface area (Å²) < 4.78 is 0. The van der Waals surface area contributed by atoms with Gasteiger partial charge in [-0.1, -0.05) is 19.1 Å². The molecule has 1 nitrogen and oxygen atoms in total. The van der Waals surface area contributed by atoms with Crippen molar-refractivity contribution in [2.45, 2.75) is 26.7 Å². The number of allylic oxidation sites excluding steroid dienone is 2. The van der Waals surface area contributed by atoms with E-state index < -0.39 is 0 Å². The minimum absolute atomic E-state index is 0.338. The van der Waals surface area contributed by atoms with E-state index in [1.54, 1.807) is 0 Å². The second kappa shape index (κ2) is 2.75. The second-order valence-electron chi connectivity index (χ2n) is 3.46. The molecule has 0 aromatic carbocycles. The maximum Gasteiger partial charge on any atom is 0.0436 e. The fraction of sp³-hybridized carbons (Fsp3) is 0.778. The molecule has 1 rings (SSSR count). The zero-order valence-corrected chi connectivity index (χ0v) is 6.80. The number of hydrogen-bond acceptors (Lipinski definition) is 1. The highest BCUT2D eigenvalue weighted by molar-refractivity contribution is 5.08. The van der Waals surface area contributed by atoms with E-state index in [0.29, 0.717) is 12.0 Å². The first-order valence-corrected chi connectivity index (χ1v) is 3.96. The quantitative estimate of drug-likeness (QED) is 0.594. The van der Waals surface area contributed by atoms with Crippen molar-refractivity contribution in [3.05, 3.63) is 12.2 Å². The first-order valence-electron chi connectivity index (χ1n) is 3.96. The third-order valence-corrected chi connectivity index (χ3v) is 2.53. The molecule has 0 aliphatic heterocycles. The van der Waals surface area contributed by atoms with Crippen molar-refractivity contribution in [1.82, 2.24) is 0 Å². The summed E-state index contributed by atoms with van der Waals surface area (Å²) in [4.78, 5) is 0. The van der Waals surface area contributed by atoms with Gasteiger partial charge in [-0.2, -0.15) is 0 Å². The van der Waals surface area contributed by atoms with Crippen LogP contribution in [0.1, 0.15) is 26.7 Å². The Morgan fingerprint density at radius 2 is 2.40 bits per heavy atom. The Bertz CT molecular complexity index is 140. The van der Waals surface area contributed by atoms with Crippen molar-refractivity contribution >= 4 is 0 Å². The lowest BCUT2D eigenvalue weighted by Crippen LogP contribution is -1.99. The van der Waals surface area contributed by atoms with E-state index in [9.17, 15) is 0 Å². The minimum atomic E-state index is 0.338. The van der Waals surface area contributed by atoms with Crippen molar-refractivity contribution in [3.8, 4) is 0 Å². The van der Waals surface area contributed by atoms with E-state index in [-0.39, 0.29) is 0 Å². The van der Waals surface area contributed by atoms with E-state index in [0.717, 1.165) is 12.3 Å². The lowest BCUT2D eigenvalue weighted by molar-refractivity contribution is 0.252. The molecule has 1 heteroatoms. The summed E-state index contributed by atoms with van der Waals surface area (Å²) in [5.41, 5.74) is 0.432. The largest absolute Gasteiger partial charge is 0.396 e. The van der Waals surface area contributed by atoms with E-state index in [2.05, 4.69) is 26.0 Å². The zero-order chi connectivity index (χ0) is 7.61. The van der Waals surface area contributed by atoms with Crippen molar-refractivity contribution in [2.24, 2.45) is 11.3 Å². The average molecular weight is 140 g/mol. The molecule has 0 aromatic rings. The molecular formula is C9H16O.